The van der Waals surface area contributed by atoms with Crippen molar-refractivity contribution < 1.29 is 19.4 Å². The van der Waals surface area contributed by atoms with Crippen LogP contribution in [0.25, 0.3) is 6.08 Å². The van der Waals surface area contributed by atoms with E-state index in [0.717, 1.165) is 48.5 Å². The Morgan fingerprint density at radius 2 is 1.86 bits per heavy atom. The van der Waals surface area contributed by atoms with Gasteiger partial charge in [-0.2, -0.15) is 0 Å². The number of carbonyl (C=O) groups excluding carboxylic acids is 1. The molecule has 5 rings (SSSR count). The number of carbonyl (C=O) groups is 1. The van der Waals surface area contributed by atoms with Crippen LogP contribution in [0.3, 0.4) is 0 Å². The van der Waals surface area contributed by atoms with Crippen molar-refractivity contribution in [1.29, 1.82) is 0 Å². The lowest BCUT2D eigenvalue weighted by Gasteiger charge is -2.58. The second kappa shape index (κ2) is 12.9. The van der Waals surface area contributed by atoms with E-state index >= 15 is 0 Å². The first kappa shape index (κ1) is 31.9. The van der Waals surface area contributed by atoms with Crippen LogP contribution in [0.2, 0.25) is 0 Å². The summed E-state index contributed by atoms with van der Waals surface area (Å²) in [5.41, 5.74) is 3.01. The second-order valence-electron chi connectivity index (χ2n) is 15.1. The minimum atomic E-state index is -0.304. The number of benzene rings is 1. The van der Waals surface area contributed by atoms with Gasteiger partial charge in [-0.15, -0.1) is 0 Å². The molecule has 1 N–H and O–H groups in total. The standard InChI is InChI=1S/C39H56O4/c1-8-28(25(2)3)12-9-26(4)32-15-16-33-31-14-13-29-24-30(19-21-38(29,5)34(31)20-22-39(32,33)6)43-37(41)18-11-27-10-17-35(40)36(23-27)42-7/h9-13,17-18,23,25-26,28,30-34,40H,8,14-16,19-22,24H2,1-7H3/b12-9+,18-11+/t26-,28-,30+,31+,32-,33+,34+,38+,39-/m1/s1. The van der Waals surface area contributed by atoms with Crippen molar-refractivity contribution in [3.63, 3.8) is 0 Å². The molecule has 3 fully saturated rings. The second-order valence-corrected chi connectivity index (χ2v) is 15.1. The van der Waals surface area contributed by atoms with Crippen molar-refractivity contribution in [1.82, 2.24) is 0 Å². The summed E-state index contributed by atoms with van der Waals surface area (Å²) >= 11 is 0. The number of phenolic OH excluding ortho intramolecular Hbond substituents is 1. The molecule has 0 spiro atoms. The molecule has 43 heavy (non-hydrogen) atoms. The first-order valence-corrected chi connectivity index (χ1v) is 17.1. The number of rotatable bonds is 9. The van der Waals surface area contributed by atoms with Gasteiger partial charge in [0.2, 0.25) is 0 Å². The largest absolute Gasteiger partial charge is 0.504 e. The van der Waals surface area contributed by atoms with Gasteiger partial charge in [-0.05, 0) is 127 Å². The Kier molecular flexibility index (Phi) is 9.54. The number of hydrogen-bond acceptors (Lipinski definition) is 4. The highest BCUT2D eigenvalue weighted by Crippen LogP contribution is 2.67. The summed E-state index contributed by atoms with van der Waals surface area (Å²) in [7, 11) is 1.52. The number of fused-ring (bicyclic) bond motifs is 5. The molecule has 4 nitrogen and oxygen atoms in total. The third-order valence-electron chi connectivity index (χ3n) is 12.7. The molecule has 4 heteroatoms. The Hall–Kier alpha value is -2.49. The van der Waals surface area contributed by atoms with Crippen molar-refractivity contribution in [2.75, 3.05) is 7.11 Å². The van der Waals surface area contributed by atoms with Crippen LogP contribution < -0.4 is 4.74 Å². The van der Waals surface area contributed by atoms with Crippen molar-refractivity contribution in [3.8, 4) is 11.5 Å². The molecular formula is C39H56O4. The quantitative estimate of drug-likeness (QED) is 0.177. The number of allylic oxidation sites excluding steroid dienone is 3. The predicted molar refractivity (Wildman–Crippen MR) is 176 cm³/mol. The van der Waals surface area contributed by atoms with Crippen molar-refractivity contribution >= 4 is 12.0 Å². The first-order valence-electron chi connectivity index (χ1n) is 17.1. The number of phenols is 1. The Balaban J connectivity index is 1.22. The van der Waals surface area contributed by atoms with E-state index in [4.69, 9.17) is 9.47 Å². The Morgan fingerprint density at radius 3 is 2.58 bits per heavy atom. The summed E-state index contributed by atoms with van der Waals surface area (Å²) in [5, 5.41) is 9.82. The van der Waals surface area contributed by atoms with Gasteiger partial charge < -0.3 is 14.6 Å². The zero-order valence-electron chi connectivity index (χ0n) is 27.8. The number of methoxy groups -OCH3 is 1. The molecule has 0 unspecified atom stereocenters. The van der Waals surface area contributed by atoms with E-state index in [1.54, 1.807) is 29.8 Å². The minimum Gasteiger partial charge on any atom is -0.504 e. The normalized spacial score (nSPS) is 35.3. The van der Waals surface area contributed by atoms with Crippen LogP contribution in [0, 0.1) is 52.3 Å². The van der Waals surface area contributed by atoms with Crippen LogP contribution in [0.4, 0.5) is 0 Å². The third-order valence-corrected chi connectivity index (χ3v) is 12.7. The lowest BCUT2D eigenvalue weighted by Crippen LogP contribution is -2.51. The van der Waals surface area contributed by atoms with E-state index < -0.39 is 0 Å². The smallest absolute Gasteiger partial charge is 0.331 e. The molecule has 0 bridgehead atoms. The van der Waals surface area contributed by atoms with Crippen LogP contribution in [-0.2, 0) is 9.53 Å². The highest BCUT2D eigenvalue weighted by Gasteiger charge is 2.59. The van der Waals surface area contributed by atoms with Gasteiger partial charge in [0.15, 0.2) is 11.5 Å². The molecule has 9 atom stereocenters. The minimum absolute atomic E-state index is 0.0579. The molecule has 0 radical (unpaired) electrons. The van der Waals surface area contributed by atoms with E-state index in [9.17, 15) is 9.90 Å². The molecule has 1 aromatic rings. The first-order chi connectivity index (χ1) is 20.5. The van der Waals surface area contributed by atoms with E-state index in [2.05, 4.69) is 59.8 Å². The fourth-order valence-electron chi connectivity index (χ4n) is 10.1. The van der Waals surface area contributed by atoms with Crippen LogP contribution >= 0.6 is 0 Å². The summed E-state index contributed by atoms with van der Waals surface area (Å²) in [6, 6.07) is 5.04. The number of hydrogen-bond donors (Lipinski definition) is 1. The van der Waals surface area contributed by atoms with E-state index in [1.807, 2.05) is 0 Å². The lowest BCUT2D eigenvalue weighted by atomic mass is 9.47. The van der Waals surface area contributed by atoms with E-state index in [0.29, 0.717) is 28.9 Å². The van der Waals surface area contributed by atoms with Gasteiger partial charge in [0.05, 0.1) is 7.11 Å². The van der Waals surface area contributed by atoms with Gasteiger partial charge in [-0.3, -0.25) is 0 Å². The fourth-order valence-corrected chi connectivity index (χ4v) is 10.1. The molecule has 4 aliphatic rings. The third kappa shape index (κ3) is 6.22. The highest BCUT2D eigenvalue weighted by atomic mass is 16.5. The topological polar surface area (TPSA) is 55.8 Å². The predicted octanol–water partition coefficient (Wildman–Crippen LogP) is 9.78. The maximum absolute atomic E-state index is 12.7. The summed E-state index contributed by atoms with van der Waals surface area (Å²) in [6.45, 7) is 14.7. The molecule has 0 saturated heterocycles. The SMILES string of the molecule is CC[C@H](/C=C/[C@@H](C)[C@H]1CC[C@H]2[C@@H]3CC=C4C[C@@H](OC(=O)/C=C/c5ccc(O)c(OC)c5)CC[C@]4(C)[C@H]3CC[C@]12C)C(C)C. The van der Waals surface area contributed by atoms with Crippen LogP contribution in [0.5, 0.6) is 11.5 Å². The lowest BCUT2D eigenvalue weighted by molar-refractivity contribution is -0.145. The average Bonchev–Trinajstić information content (AvgIpc) is 3.34. The Labute approximate surface area is 261 Å². The van der Waals surface area contributed by atoms with E-state index in [-0.39, 0.29) is 23.2 Å². The highest BCUT2D eigenvalue weighted by molar-refractivity contribution is 5.87. The average molecular weight is 589 g/mol. The Morgan fingerprint density at radius 1 is 1.07 bits per heavy atom. The van der Waals surface area contributed by atoms with Gasteiger partial charge in [0.25, 0.3) is 0 Å². The zero-order valence-corrected chi connectivity index (χ0v) is 27.8. The van der Waals surface area contributed by atoms with Gasteiger partial charge in [0.1, 0.15) is 6.10 Å². The van der Waals surface area contributed by atoms with Crippen molar-refractivity contribution in [2.45, 2.75) is 105 Å². The molecule has 0 aromatic heterocycles. The fraction of sp³-hybridized carbons (Fsp3) is 0.667. The van der Waals surface area contributed by atoms with Crippen LogP contribution in [0.1, 0.15) is 105 Å². The zero-order chi connectivity index (χ0) is 30.9. The molecule has 0 aliphatic heterocycles. The number of aromatic hydroxyl groups is 1. The van der Waals surface area contributed by atoms with Gasteiger partial charge in [-0.25, -0.2) is 4.79 Å². The number of ether oxygens (including phenoxy) is 2. The maximum Gasteiger partial charge on any atom is 0.331 e. The monoisotopic (exact) mass is 588 g/mol. The molecule has 0 amide bonds. The van der Waals surface area contributed by atoms with Crippen LogP contribution in [-0.4, -0.2) is 24.3 Å². The van der Waals surface area contributed by atoms with Gasteiger partial charge >= 0.3 is 5.97 Å². The Bertz CT molecular complexity index is 1240. The summed E-state index contributed by atoms with van der Waals surface area (Å²) in [6.07, 6.45) is 21.6. The molecular weight excluding hydrogens is 532 g/mol. The van der Waals surface area contributed by atoms with Gasteiger partial charge in [0, 0.05) is 12.5 Å². The van der Waals surface area contributed by atoms with Gasteiger partial charge in [-0.1, -0.05) is 71.4 Å². The number of esters is 1. The molecule has 3 saturated carbocycles. The molecule has 4 aliphatic carbocycles. The molecule has 0 heterocycles. The molecule has 236 valence electrons. The van der Waals surface area contributed by atoms with E-state index in [1.165, 1.54) is 51.7 Å². The van der Waals surface area contributed by atoms with Crippen molar-refractivity contribution in [2.24, 2.45) is 52.3 Å². The van der Waals surface area contributed by atoms with Crippen LogP contribution in [0.15, 0.2) is 48.1 Å². The molecule has 1 aromatic carbocycles. The summed E-state index contributed by atoms with van der Waals surface area (Å²) in [4.78, 5) is 12.7. The summed E-state index contributed by atoms with van der Waals surface area (Å²) in [5.74, 6) is 5.39. The van der Waals surface area contributed by atoms with Crippen molar-refractivity contribution in [3.05, 3.63) is 53.6 Å². The maximum atomic E-state index is 12.7. The summed E-state index contributed by atoms with van der Waals surface area (Å²) < 4.78 is 11.1.